The number of nitrogens with zero attached hydrogens (tertiary/aromatic N) is 2. The molecular weight excluding hydrogens is 378 g/mol. The van der Waals surface area contributed by atoms with Crippen molar-refractivity contribution < 1.29 is 14.3 Å². The van der Waals surface area contributed by atoms with Gasteiger partial charge in [0.15, 0.2) is 0 Å². The van der Waals surface area contributed by atoms with Crippen molar-refractivity contribution in [1.82, 2.24) is 9.88 Å². The maximum atomic E-state index is 12.8. The lowest BCUT2D eigenvalue weighted by molar-refractivity contribution is 0.0821. The number of carbonyl (C=O) groups is 2. The van der Waals surface area contributed by atoms with E-state index in [0.717, 1.165) is 6.42 Å². The van der Waals surface area contributed by atoms with Crippen LogP contribution in [0.15, 0.2) is 66.7 Å². The van der Waals surface area contributed by atoms with Crippen molar-refractivity contribution in [3.05, 3.63) is 89.2 Å². The number of ether oxygens (including phenoxy) is 1. The van der Waals surface area contributed by atoms with Crippen molar-refractivity contribution in [2.45, 2.75) is 13.3 Å². The summed E-state index contributed by atoms with van der Waals surface area (Å²) < 4.78 is 5.90. The van der Waals surface area contributed by atoms with Crippen LogP contribution in [0, 0.1) is 6.92 Å². The van der Waals surface area contributed by atoms with Crippen molar-refractivity contribution in [2.24, 2.45) is 0 Å². The predicted octanol–water partition coefficient (Wildman–Crippen LogP) is 3.97. The summed E-state index contributed by atoms with van der Waals surface area (Å²) in [6, 6.07) is 20.6. The van der Waals surface area contributed by atoms with Gasteiger partial charge in [-0.15, -0.1) is 0 Å². The number of carbonyl (C=O) groups excluding carboxylic acids is 2. The molecule has 6 heteroatoms. The van der Waals surface area contributed by atoms with E-state index in [2.05, 4.69) is 22.4 Å². The zero-order valence-electron chi connectivity index (χ0n) is 17.4. The lowest BCUT2D eigenvalue weighted by atomic mass is 10.1. The van der Waals surface area contributed by atoms with Gasteiger partial charge in [-0.05, 0) is 36.8 Å². The van der Waals surface area contributed by atoms with E-state index in [1.165, 1.54) is 10.5 Å². The second-order valence-electron chi connectivity index (χ2n) is 7.06. The largest absolute Gasteiger partial charge is 0.491 e. The van der Waals surface area contributed by atoms with Gasteiger partial charge in [-0.2, -0.15) is 0 Å². The van der Waals surface area contributed by atoms with Gasteiger partial charge in [0, 0.05) is 20.5 Å². The van der Waals surface area contributed by atoms with E-state index in [4.69, 9.17) is 4.74 Å². The summed E-state index contributed by atoms with van der Waals surface area (Å²) in [6.45, 7) is 2.21. The van der Waals surface area contributed by atoms with E-state index in [1.807, 2.05) is 36.4 Å². The average Bonchev–Trinajstić information content (AvgIpc) is 2.75. The molecule has 0 bridgehead atoms. The number of hydrogen-bond donors (Lipinski definition) is 1. The topological polar surface area (TPSA) is 71.5 Å². The van der Waals surface area contributed by atoms with Gasteiger partial charge in [0.2, 0.25) is 0 Å². The Morgan fingerprint density at radius 2 is 1.67 bits per heavy atom. The molecule has 30 heavy (non-hydrogen) atoms. The first kappa shape index (κ1) is 21.0. The van der Waals surface area contributed by atoms with Gasteiger partial charge in [-0.25, -0.2) is 4.98 Å². The molecule has 1 N–H and O–H groups in total. The summed E-state index contributed by atoms with van der Waals surface area (Å²) in [4.78, 5) is 30.6. The van der Waals surface area contributed by atoms with Crippen LogP contribution in [0.25, 0.3) is 0 Å². The van der Waals surface area contributed by atoms with Gasteiger partial charge in [0.05, 0.1) is 23.6 Å². The summed E-state index contributed by atoms with van der Waals surface area (Å²) in [7, 11) is 3.32. The highest BCUT2D eigenvalue weighted by Crippen LogP contribution is 2.25. The van der Waals surface area contributed by atoms with Gasteiger partial charge >= 0.3 is 0 Å². The van der Waals surface area contributed by atoms with Crippen LogP contribution in [-0.2, 0) is 6.42 Å². The molecule has 2 aromatic carbocycles. The number of aryl methyl sites for hydroxylation is 1. The van der Waals surface area contributed by atoms with Gasteiger partial charge in [0.1, 0.15) is 11.4 Å². The van der Waals surface area contributed by atoms with Crippen LogP contribution >= 0.6 is 0 Å². The van der Waals surface area contributed by atoms with Crippen molar-refractivity contribution >= 4 is 17.5 Å². The number of para-hydroxylation sites is 2. The Balaban J connectivity index is 1.69. The highest BCUT2D eigenvalue weighted by atomic mass is 16.5. The van der Waals surface area contributed by atoms with E-state index in [0.29, 0.717) is 35.0 Å². The van der Waals surface area contributed by atoms with E-state index in [9.17, 15) is 9.59 Å². The fraction of sp³-hybridized carbons (Fsp3) is 0.208. The first-order valence-electron chi connectivity index (χ1n) is 9.72. The molecule has 0 aliphatic carbocycles. The van der Waals surface area contributed by atoms with Crippen molar-refractivity contribution in [3.63, 3.8) is 0 Å². The van der Waals surface area contributed by atoms with Crippen molar-refractivity contribution in [1.29, 1.82) is 0 Å². The zero-order chi connectivity index (χ0) is 21.5. The summed E-state index contributed by atoms with van der Waals surface area (Å²) >= 11 is 0. The zero-order valence-corrected chi connectivity index (χ0v) is 17.4. The van der Waals surface area contributed by atoms with E-state index in [-0.39, 0.29) is 11.8 Å². The number of pyridine rings is 1. The Morgan fingerprint density at radius 3 is 2.37 bits per heavy atom. The Hall–Kier alpha value is -3.67. The first-order valence-corrected chi connectivity index (χ1v) is 9.72. The normalized spacial score (nSPS) is 10.4. The summed E-state index contributed by atoms with van der Waals surface area (Å²) in [5.41, 5.74) is 2.97. The second kappa shape index (κ2) is 9.69. The molecule has 0 aliphatic heterocycles. The summed E-state index contributed by atoms with van der Waals surface area (Å²) in [5, 5.41) is 2.89. The lowest BCUT2D eigenvalue weighted by Gasteiger charge is -2.14. The number of aromatic nitrogens is 1. The van der Waals surface area contributed by atoms with Gasteiger partial charge < -0.3 is 15.0 Å². The molecule has 0 saturated carbocycles. The van der Waals surface area contributed by atoms with Crippen molar-refractivity contribution in [2.75, 3.05) is 26.0 Å². The van der Waals surface area contributed by atoms with Crippen LogP contribution < -0.4 is 10.1 Å². The minimum absolute atomic E-state index is 0.206. The van der Waals surface area contributed by atoms with E-state index < -0.39 is 0 Å². The third-order valence-electron chi connectivity index (χ3n) is 4.58. The SMILES string of the molecule is Cc1nc(C(=O)N(C)C)ccc1C(=O)Nc1ccccc1OCCc1ccccc1. The van der Waals surface area contributed by atoms with E-state index >= 15 is 0 Å². The van der Waals surface area contributed by atoms with Crippen LogP contribution in [0.5, 0.6) is 5.75 Å². The van der Waals surface area contributed by atoms with Gasteiger partial charge in [0.25, 0.3) is 11.8 Å². The average molecular weight is 403 g/mol. The number of amides is 2. The standard InChI is InChI=1S/C24H25N3O3/c1-17-19(13-14-21(25-17)24(29)27(2)3)23(28)26-20-11-7-8-12-22(20)30-16-15-18-9-5-4-6-10-18/h4-14H,15-16H2,1-3H3,(H,26,28). The minimum Gasteiger partial charge on any atom is -0.491 e. The van der Waals surface area contributed by atoms with Crippen LogP contribution in [0.2, 0.25) is 0 Å². The Kier molecular flexibility index (Phi) is 6.80. The van der Waals surface area contributed by atoms with Crippen LogP contribution in [-0.4, -0.2) is 42.4 Å². The van der Waals surface area contributed by atoms with Crippen LogP contribution in [0.1, 0.15) is 32.1 Å². The lowest BCUT2D eigenvalue weighted by Crippen LogP contribution is -2.24. The number of rotatable bonds is 7. The highest BCUT2D eigenvalue weighted by molar-refractivity contribution is 6.06. The quantitative estimate of drug-likeness (QED) is 0.648. The number of hydrogen-bond acceptors (Lipinski definition) is 4. The third-order valence-corrected chi connectivity index (χ3v) is 4.58. The van der Waals surface area contributed by atoms with E-state index in [1.54, 1.807) is 39.2 Å². The molecule has 154 valence electrons. The molecule has 0 aliphatic rings. The highest BCUT2D eigenvalue weighted by Gasteiger charge is 2.16. The molecule has 6 nitrogen and oxygen atoms in total. The molecule has 0 spiro atoms. The summed E-state index contributed by atoms with van der Waals surface area (Å²) in [5.74, 6) is 0.0944. The summed E-state index contributed by atoms with van der Waals surface area (Å²) in [6.07, 6.45) is 0.771. The minimum atomic E-state index is -0.303. The number of benzene rings is 2. The Morgan fingerprint density at radius 1 is 0.967 bits per heavy atom. The maximum Gasteiger partial charge on any atom is 0.271 e. The molecule has 2 amide bonds. The predicted molar refractivity (Wildman–Crippen MR) is 117 cm³/mol. The van der Waals surface area contributed by atoms with Crippen LogP contribution in [0.3, 0.4) is 0 Å². The third kappa shape index (κ3) is 5.23. The number of nitrogens with one attached hydrogen (secondary N) is 1. The second-order valence-corrected chi connectivity index (χ2v) is 7.06. The fourth-order valence-corrected chi connectivity index (χ4v) is 2.96. The van der Waals surface area contributed by atoms with Crippen molar-refractivity contribution in [3.8, 4) is 5.75 Å². The molecule has 1 aromatic heterocycles. The molecule has 0 saturated heterocycles. The molecule has 0 atom stereocenters. The molecule has 3 rings (SSSR count). The van der Waals surface area contributed by atoms with Gasteiger partial charge in [-0.3, -0.25) is 9.59 Å². The smallest absolute Gasteiger partial charge is 0.271 e. The molecule has 1 heterocycles. The monoisotopic (exact) mass is 403 g/mol. The first-order chi connectivity index (χ1) is 14.5. The van der Waals surface area contributed by atoms with Crippen LogP contribution in [0.4, 0.5) is 5.69 Å². The fourth-order valence-electron chi connectivity index (χ4n) is 2.96. The molecule has 3 aromatic rings. The van der Waals surface area contributed by atoms with Gasteiger partial charge in [-0.1, -0.05) is 42.5 Å². The Labute approximate surface area is 176 Å². The molecule has 0 unspecified atom stereocenters. The maximum absolute atomic E-state index is 12.8. The Bertz CT molecular complexity index is 1030. The molecular formula is C24H25N3O3. The number of anilines is 1. The molecule has 0 radical (unpaired) electrons. The molecule has 0 fully saturated rings.